The Labute approximate surface area is 92.2 Å². The van der Waals surface area contributed by atoms with Crippen molar-refractivity contribution in [3.63, 3.8) is 0 Å². The lowest BCUT2D eigenvalue weighted by Gasteiger charge is -2.11. The van der Waals surface area contributed by atoms with Gasteiger partial charge in [0, 0.05) is 0 Å². The molecule has 1 atom stereocenters. The van der Waals surface area contributed by atoms with Crippen LogP contribution >= 0.6 is 11.3 Å². The van der Waals surface area contributed by atoms with Crippen molar-refractivity contribution < 1.29 is 13.5 Å². The molecule has 0 saturated carbocycles. The molecule has 6 nitrogen and oxygen atoms in total. The molecular weight excluding hydrogens is 238 g/mol. The fourth-order valence-corrected chi connectivity index (χ4v) is 2.44. The van der Waals surface area contributed by atoms with E-state index in [0.29, 0.717) is 5.13 Å². The molecule has 4 N–H and O–H groups in total. The van der Waals surface area contributed by atoms with Crippen LogP contribution in [0.3, 0.4) is 0 Å². The third-order valence-electron chi connectivity index (χ3n) is 1.81. The first-order valence-electron chi connectivity index (χ1n) is 4.33. The zero-order valence-electron chi connectivity index (χ0n) is 8.17. The number of aliphatic hydroxyl groups is 1. The number of primary sulfonamides is 1. The average Bonchev–Trinajstić information content (AvgIpc) is 2.61. The monoisotopic (exact) mass is 251 g/mol. The van der Waals surface area contributed by atoms with E-state index in [2.05, 4.69) is 10.3 Å². The maximum Gasteiger partial charge on any atom is 0.249 e. The SMILES string of the molecule is CC[C@@H](CO)Nc1ncc(S(N)(=O)=O)s1. The van der Waals surface area contributed by atoms with Gasteiger partial charge in [-0.3, -0.25) is 0 Å². The van der Waals surface area contributed by atoms with Crippen molar-refractivity contribution in [1.82, 2.24) is 4.98 Å². The summed E-state index contributed by atoms with van der Waals surface area (Å²) in [6.45, 7) is 1.88. The number of aromatic nitrogens is 1. The van der Waals surface area contributed by atoms with Crippen molar-refractivity contribution in [3.8, 4) is 0 Å². The molecule has 0 aromatic carbocycles. The van der Waals surface area contributed by atoms with E-state index in [9.17, 15) is 8.42 Å². The van der Waals surface area contributed by atoms with Crippen LogP contribution < -0.4 is 10.5 Å². The molecule has 0 fully saturated rings. The van der Waals surface area contributed by atoms with Crippen molar-refractivity contribution in [3.05, 3.63) is 6.20 Å². The van der Waals surface area contributed by atoms with Crippen LogP contribution in [0, 0.1) is 0 Å². The van der Waals surface area contributed by atoms with Crippen LogP contribution in [0.25, 0.3) is 0 Å². The van der Waals surface area contributed by atoms with Gasteiger partial charge in [-0.2, -0.15) is 0 Å². The van der Waals surface area contributed by atoms with Gasteiger partial charge in [-0.05, 0) is 6.42 Å². The summed E-state index contributed by atoms with van der Waals surface area (Å²) in [5, 5.41) is 17.2. The molecule has 0 saturated heterocycles. The lowest BCUT2D eigenvalue weighted by molar-refractivity contribution is 0.272. The molecular formula is C7H13N3O3S2. The smallest absolute Gasteiger partial charge is 0.249 e. The molecule has 8 heteroatoms. The van der Waals surface area contributed by atoms with Crippen LogP contribution in [0.1, 0.15) is 13.3 Å². The Morgan fingerprint density at radius 3 is 2.80 bits per heavy atom. The number of thiazole rings is 1. The first-order chi connectivity index (χ1) is 6.97. The third-order valence-corrected chi connectivity index (χ3v) is 4.14. The molecule has 0 aliphatic rings. The number of aliphatic hydroxyl groups excluding tert-OH is 1. The van der Waals surface area contributed by atoms with Crippen molar-refractivity contribution in [2.75, 3.05) is 11.9 Å². The van der Waals surface area contributed by atoms with Gasteiger partial charge in [0.1, 0.15) is 0 Å². The molecule has 1 aromatic heterocycles. The van der Waals surface area contributed by atoms with Crippen LogP contribution in [-0.4, -0.2) is 31.2 Å². The van der Waals surface area contributed by atoms with Gasteiger partial charge in [0.15, 0.2) is 9.34 Å². The predicted molar refractivity (Wildman–Crippen MR) is 58.3 cm³/mol. The highest BCUT2D eigenvalue weighted by Gasteiger charge is 2.14. The first kappa shape index (κ1) is 12.4. The predicted octanol–water partition coefficient (Wildman–Crippen LogP) is -0.0267. The summed E-state index contributed by atoms with van der Waals surface area (Å²) in [5.41, 5.74) is 0. The molecule has 0 spiro atoms. The number of hydrogen-bond donors (Lipinski definition) is 3. The Balaban J connectivity index is 2.77. The highest BCUT2D eigenvalue weighted by atomic mass is 32.2. The Hall–Kier alpha value is -0.700. The number of rotatable bonds is 5. The molecule has 0 aliphatic carbocycles. The highest BCUT2D eigenvalue weighted by Crippen LogP contribution is 2.22. The standard InChI is InChI=1S/C7H13N3O3S2/c1-2-5(4-11)10-7-9-3-6(14-7)15(8,12)13/h3,5,11H,2,4H2,1H3,(H,9,10)(H2,8,12,13)/t5-/m0/s1. The summed E-state index contributed by atoms with van der Waals surface area (Å²) in [6.07, 6.45) is 1.92. The quantitative estimate of drug-likeness (QED) is 0.681. The first-order valence-corrected chi connectivity index (χ1v) is 6.69. The topological polar surface area (TPSA) is 105 Å². The lowest BCUT2D eigenvalue weighted by atomic mass is 10.2. The van der Waals surface area contributed by atoms with E-state index in [0.717, 1.165) is 17.8 Å². The summed E-state index contributed by atoms with van der Waals surface area (Å²) >= 11 is 0.953. The van der Waals surface area contributed by atoms with Crippen LogP contribution in [-0.2, 0) is 10.0 Å². The van der Waals surface area contributed by atoms with Gasteiger partial charge in [0.2, 0.25) is 10.0 Å². The Morgan fingerprint density at radius 2 is 2.40 bits per heavy atom. The van der Waals surface area contributed by atoms with E-state index in [4.69, 9.17) is 10.2 Å². The number of nitrogens with one attached hydrogen (secondary N) is 1. The molecule has 0 radical (unpaired) electrons. The molecule has 0 bridgehead atoms. The van der Waals surface area contributed by atoms with E-state index in [-0.39, 0.29) is 16.9 Å². The number of hydrogen-bond acceptors (Lipinski definition) is 6. The molecule has 1 aromatic rings. The molecule has 86 valence electrons. The molecule has 0 unspecified atom stereocenters. The van der Waals surface area contributed by atoms with E-state index in [1.54, 1.807) is 0 Å². The van der Waals surface area contributed by atoms with E-state index in [1.165, 1.54) is 6.20 Å². The molecule has 0 aliphatic heterocycles. The zero-order chi connectivity index (χ0) is 11.5. The van der Waals surface area contributed by atoms with Gasteiger partial charge in [-0.15, -0.1) is 0 Å². The largest absolute Gasteiger partial charge is 0.394 e. The number of sulfonamides is 1. The van der Waals surface area contributed by atoms with Crippen LogP contribution in [0.15, 0.2) is 10.4 Å². The molecule has 1 rings (SSSR count). The number of anilines is 1. The fourth-order valence-electron chi connectivity index (χ4n) is 0.909. The van der Waals surface area contributed by atoms with Crippen molar-refractivity contribution in [2.45, 2.75) is 23.6 Å². The summed E-state index contributed by atoms with van der Waals surface area (Å²) in [5.74, 6) is 0. The van der Waals surface area contributed by atoms with Crippen molar-refractivity contribution >= 4 is 26.5 Å². The van der Waals surface area contributed by atoms with Gasteiger partial charge in [-0.25, -0.2) is 18.5 Å². The maximum absolute atomic E-state index is 10.9. The Morgan fingerprint density at radius 1 is 1.73 bits per heavy atom. The van der Waals surface area contributed by atoms with Gasteiger partial charge in [0.25, 0.3) is 0 Å². The molecule has 1 heterocycles. The minimum Gasteiger partial charge on any atom is -0.394 e. The minimum absolute atomic E-state index is 0.0118. The van der Waals surface area contributed by atoms with Crippen molar-refractivity contribution in [2.24, 2.45) is 5.14 Å². The summed E-state index contributed by atoms with van der Waals surface area (Å²) in [4.78, 5) is 3.86. The van der Waals surface area contributed by atoms with Gasteiger partial charge in [-0.1, -0.05) is 18.3 Å². The van der Waals surface area contributed by atoms with Crippen LogP contribution in [0.4, 0.5) is 5.13 Å². The van der Waals surface area contributed by atoms with Crippen LogP contribution in [0.2, 0.25) is 0 Å². The van der Waals surface area contributed by atoms with Gasteiger partial charge in [0.05, 0.1) is 18.8 Å². The second kappa shape index (κ2) is 4.88. The average molecular weight is 251 g/mol. The van der Waals surface area contributed by atoms with Crippen molar-refractivity contribution in [1.29, 1.82) is 0 Å². The lowest BCUT2D eigenvalue weighted by Crippen LogP contribution is -2.22. The normalized spacial score (nSPS) is 13.8. The second-order valence-corrected chi connectivity index (χ2v) is 5.78. The van der Waals surface area contributed by atoms with Crippen LogP contribution in [0.5, 0.6) is 0 Å². The summed E-state index contributed by atoms with van der Waals surface area (Å²) in [6, 6.07) is -0.121. The molecule has 15 heavy (non-hydrogen) atoms. The Kier molecular flexibility index (Phi) is 4.03. The number of nitrogens with zero attached hydrogens (tertiary/aromatic N) is 1. The Bertz CT molecular complexity index is 411. The zero-order valence-corrected chi connectivity index (χ0v) is 9.81. The minimum atomic E-state index is -3.68. The number of nitrogens with two attached hydrogens (primary N) is 1. The fraction of sp³-hybridized carbons (Fsp3) is 0.571. The maximum atomic E-state index is 10.9. The van der Waals surface area contributed by atoms with E-state index >= 15 is 0 Å². The van der Waals surface area contributed by atoms with Gasteiger partial charge >= 0.3 is 0 Å². The van der Waals surface area contributed by atoms with E-state index in [1.807, 2.05) is 6.92 Å². The summed E-state index contributed by atoms with van der Waals surface area (Å²) in [7, 11) is -3.68. The summed E-state index contributed by atoms with van der Waals surface area (Å²) < 4.78 is 21.9. The molecule has 0 amide bonds. The third kappa shape index (κ3) is 3.42. The van der Waals surface area contributed by atoms with E-state index < -0.39 is 10.0 Å². The highest BCUT2D eigenvalue weighted by molar-refractivity contribution is 7.91. The second-order valence-electron chi connectivity index (χ2n) is 2.96. The van der Waals surface area contributed by atoms with Gasteiger partial charge < -0.3 is 10.4 Å².